The highest BCUT2D eigenvalue weighted by molar-refractivity contribution is 5.79. The van der Waals surface area contributed by atoms with Crippen molar-refractivity contribution in [1.29, 1.82) is 0 Å². The van der Waals surface area contributed by atoms with E-state index in [-0.39, 0.29) is 11.9 Å². The quantitative estimate of drug-likeness (QED) is 0.729. The first-order chi connectivity index (χ1) is 9.70. The van der Waals surface area contributed by atoms with Crippen molar-refractivity contribution in [2.45, 2.75) is 38.5 Å². The molecule has 2 saturated heterocycles. The molecule has 2 rings (SSSR count). The molecule has 0 radical (unpaired) electrons. The summed E-state index contributed by atoms with van der Waals surface area (Å²) in [6, 6.07) is 0. The van der Waals surface area contributed by atoms with Crippen molar-refractivity contribution in [3.8, 4) is 0 Å². The first-order valence-corrected chi connectivity index (χ1v) is 7.78. The van der Waals surface area contributed by atoms with E-state index in [9.17, 15) is 9.59 Å². The summed E-state index contributed by atoms with van der Waals surface area (Å²) < 4.78 is 4.65. The van der Waals surface area contributed by atoms with Crippen LogP contribution >= 0.6 is 0 Å². The number of carbonyl (C=O) groups excluding carboxylic acids is 2. The smallest absolute Gasteiger partial charge is 0.306 e. The first-order valence-electron chi connectivity index (χ1n) is 7.78. The van der Waals surface area contributed by atoms with Crippen molar-refractivity contribution in [2.75, 3.05) is 39.8 Å². The number of esters is 1. The Labute approximate surface area is 121 Å². The van der Waals surface area contributed by atoms with Gasteiger partial charge < -0.3 is 14.5 Å². The van der Waals surface area contributed by atoms with Gasteiger partial charge in [0, 0.05) is 25.6 Å². The molecule has 0 aromatic rings. The van der Waals surface area contributed by atoms with Crippen molar-refractivity contribution < 1.29 is 14.3 Å². The number of piperidine rings is 2. The first kappa shape index (κ1) is 15.3. The van der Waals surface area contributed by atoms with Crippen LogP contribution in [0.1, 0.15) is 38.5 Å². The largest absolute Gasteiger partial charge is 0.469 e. The number of carbonyl (C=O) groups is 2. The maximum Gasteiger partial charge on any atom is 0.306 e. The number of hydrogen-bond donors (Lipinski definition) is 0. The SMILES string of the molecule is COC(=O)CCN1CCC(C(=O)N2CCCCC2)CC1. The summed E-state index contributed by atoms with van der Waals surface area (Å²) in [5.74, 6) is 0.399. The van der Waals surface area contributed by atoms with Crippen LogP contribution in [-0.4, -0.2) is 61.5 Å². The van der Waals surface area contributed by atoms with Crippen molar-refractivity contribution >= 4 is 11.9 Å². The molecule has 114 valence electrons. The minimum Gasteiger partial charge on any atom is -0.469 e. The molecule has 2 aliphatic rings. The van der Waals surface area contributed by atoms with Crippen LogP contribution < -0.4 is 0 Å². The highest BCUT2D eigenvalue weighted by Gasteiger charge is 2.29. The minimum absolute atomic E-state index is 0.156. The van der Waals surface area contributed by atoms with E-state index in [2.05, 4.69) is 14.5 Å². The topological polar surface area (TPSA) is 49.9 Å². The average Bonchev–Trinajstić information content (AvgIpc) is 2.53. The number of amides is 1. The number of nitrogens with zero attached hydrogens (tertiary/aromatic N) is 2. The summed E-state index contributed by atoms with van der Waals surface area (Å²) in [7, 11) is 1.42. The lowest BCUT2D eigenvalue weighted by atomic mass is 9.94. The monoisotopic (exact) mass is 282 g/mol. The van der Waals surface area contributed by atoms with Crippen LogP contribution in [-0.2, 0) is 14.3 Å². The van der Waals surface area contributed by atoms with E-state index in [1.807, 2.05) is 0 Å². The lowest BCUT2D eigenvalue weighted by Crippen LogP contribution is -2.44. The molecule has 2 heterocycles. The Kier molecular flexibility index (Phi) is 5.83. The number of ether oxygens (including phenoxy) is 1. The number of likely N-dealkylation sites (tertiary alicyclic amines) is 2. The van der Waals surface area contributed by atoms with Crippen LogP contribution in [0.15, 0.2) is 0 Å². The second-order valence-corrected chi connectivity index (χ2v) is 5.83. The zero-order chi connectivity index (χ0) is 14.4. The van der Waals surface area contributed by atoms with E-state index in [0.29, 0.717) is 12.3 Å². The molecule has 5 nitrogen and oxygen atoms in total. The zero-order valence-electron chi connectivity index (χ0n) is 12.5. The highest BCUT2D eigenvalue weighted by atomic mass is 16.5. The summed E-state index contributed by atoms with van der Waals surface area (Å²) >= 11 is 0. The van der Waals surface area contributed by atoms with Gasteiger partial charge in [0.05, 0.1) is 13.5 Å². The van der Waals surface area contributed by atoms with E-state index in [1.165, 1.54) is 13.5 Å². The van der Waals surface area contributed by atoms with E-state index in [0.717, 1.165) is 58.4 Å². The molecule has 2 aliphatic heterocycles. The van der Waals surface area contributed by atoms with Crippen molar-refractivity contribution in [1.82, 2.24) is 9.80 Å². The van der Waals surface area contributed by atoms with Crippen LogP contribution in [0.4, 0.5) is 0 Å². The van der Waals surface area contributed by atoms with Gasteiger partial charge in [-0.1, -0.05) is 0 Å². The second-order valence-electron chi connectivity index (χ2n) is 5.83. The number of hydrogen-bond acceptors (Lipinski definition) is 4. The fraction of sp³-hybridized carbons (Fsp3) is 0.867. The molecule has 1 amide bonds. The summed E-state index contributed by atoms with van der Waals surface area (Å²) in [6.45, 7) is 4.47. The van der Waals surface area contributed by atoms with Gasteiger partial charge in [0.1, 0.15) is 0 Å². The maximum absolute atomic E-state index is 12.4. The van der Waals surface area contributed by atoms with E-state index in [4.69, 9.17) is 0 Å². The van der Waals surface area contributed by atoms with Gasteiger partial charge in [-0.2, -0.15) is 0 Å². The molecule has 0 aromatic heterocycles. The molecular formula is C15H26N2O3. The molecule has 0 N–H and O–H groups in total. The Balaban J connectivity index is 1.70. The predicted octanol–water partition coefficient (Wildman–Crippen LogP) is 1.27. The molecule has 20 heavy (non-hydrogen) atoms. The third kappa shape index (κ3) is 4.20. The molecule has 5 heteroatoms. The Morgan fingerprint density at radius 2 is 1.70 bits per heavy atom. The normalized spacial score (nSPS) is 21.8. The second kappa shape index (κ2) is 7.62. The van der Waals surface area contributed by atoms with E-state index >= 15 is 0 Å². The fourth-order valence-electron chi connectivity index (χ4n) is 3.13. The zero-order valence-corrected chi connectivity index (χ0v) is 12.5. The lowest BCUT2D eigenvalue weighted by Gasteiger charge is -2.35. The molecule has 0 unspecified atom stereocenters. The van der Waals surface area contributed by atoms with E-state index < -0.39 is 0 Å². The van der Waals surface area contributed by atoms with Gasteiger partial charge in [-0.15, -0.1) is 0 Å². The van der Waals surface area contributed by atoms with Gasteiger partial charge in [-0.25, -0.2) is 0 Å². The average molecular weight is 282 g/mol. The molecule has 0 bridgehead atoms. The van der Waals surface area contributed by atoms with Crippen molar-refractivity contribution in [3.63, 3.8) is 0 Å². The van der Waals surface area contributed by atoms with Crippen LogP contribution in [0.5, 0.6) is 0 Å². The third-order valence-corrected chi connectivity index (χ3v) is 4.46. The van der Waals surface area contributed by atoms with Crippen LogP contribution in [0, 0.1) is 5.92 Å². The van der Waals surface area contributed by atoms with Gasteiger partial charge in [-0.05, 0) is 45.2 Å². The number of methoxy groups -OCH3 is 1. The molecule has 0 atom stereocenters. The van der Waals surface area contributed by atoms with E-state index in [1.54, 1.807) is 0 Å². The van der Waals surface area contributed by atoms with Gasteiger partial charge in [0.2, 0.25) is 5.91 Å². The van der Waals surface area contributed by atoms with Crippen molar-refractivity contribution in [3.05, 3.63) is 0 Å². The van der Waals surface area contributed by atoms with Gasteiger partial charge >= 0.3 is 5.97 Å². The molecule has 0 aliphatic carbocycles. The summed E-state index contributed by atoms with van der Waals surface area (Å²) in [6.07, 6.45) is 5.87. The predicted molar refractivity (Wildman–Crippen MR) is 76.2 cm³/mol. The van der Waals surface area contributed by atoms with Crippen molar-refractivity contribution in [2.24, 2.45) is 5.92 Å². The van der Waals surface area contributed by atoms with Gasteiger partial charge in [-0.3, -0.25) is 9.59 Å². The molecule has 2 fully saturated rings. The third-order valence-electron chi connectivity index (χ3n) is 4.46. The van der Waals surface area contributed by atoms with Crippen LogP contribution in [0.25, 0.3) is 0 Å². The fourth-order valence-corrected chi connectivity index (χ4v) is 3.13. The highest BCUT2D eigenvalue weighted by Crippen LogP contribution is 2.21. The number of rotatable bonds is 4. The summed E-state index contributed by atoms with van der Waals surface area (Å²) in [5.41, 5.74) is 0. The molecule has 0 aromatic carbocycles. The molecule has 0 saturated carbocycles. The Bertz CT molecular complexity index is 332. The standard InChI is InChI=1S/C15H26N2O3/c1-20-14(18)7-12-16-10-5-13(6-11-16)15(19)17-8-3-2-4-9-17/h13H,2-12H2,1H3. The minimum atomic E-state index is -0.156. The lowest BCUT2D eigenvalue weighted by molar-refractivity contribution is -0.142. The summed E-state index contributed by atoms with van der Waals surface area (Å²) in [4.78, 5) is 27.8. The van der Waals surface area contributed by atoms with Gasteiger partial charge in [0.25, 0.3) is 0 Å². The molecular weight excluding hydrogens is 256 g/mol. The molecule has 0 spiro atoms. The summed E-state index contributed by atoms with van der Waals surface area (Å²) in [5, 5.41) is 0. The van der Waals surface area contributed by atoms with Crippen LogP contribution in [0.2, 0.25) is 0 Å². The van der Waals surface area contributed by atoms with Crippen LogP contribution in [0.3, 0.4) is 0 Å². The Morgan fingerprint density at radius 1 is 1.05 bits per heavy atom. The Hall–Kier alpha value is -1.10. The van der Waals surface area contributed by atoms with Gasteiger partial charge in [0.15, 0.2) is 0 Å². The maximum atomic E-state index is 12.4. The Morgan fingerprint density at radius 3 is 2.30 bits per heavy atom.